The van der Waals surface area contributed by atoms with Crippen LogP contribution in [0.2, 0.25) is 0 Å². The minimum absolute atomic E-state index is 0.263. The van der Waals surface area contributed by atoms with Crippen LogP contribution in [0.1, 0.15) is 58.3 Å². The highest BCUT2D eigenvalue weighted by Gasteiger charge is 2.53. The van der Waals surface area contributed by atoms with Gasteiger partial charge in [-0.2, -0.15) is 0 Å². The lowest BCUT2D eigenvalue weighted by Gasteiger charge is -2.47. The van der Waals surface area contributed by atoms with Crippen LogP contribution in [0.25, 0.3) is 0 Å². The van der Waals surface area contributed by atoms with Gasteiger partial charge in [-0.15, -0.1) is 12.3 Å². The molecule has 0 aromatic carbocycles. The molecule has 0 aromatic heterocycles. The van der Waals surface area contributed by atoms with Gasteiger partial charge in [-0.05, 0) is 36.5 Å². The topological polar surface area (TPSA) is 17.1 Å². The average molecular weight is 204 g/mol. The van der Waals surface area contributed by atoms with E-state index in [1.165, 1.54) is 19.3 Å². The molecule has 2 aliphatic carbocycles. The van der Waals surface area contributed by atoms with Gasteiger partial charge in [0, 0.05) is 19.3 Å². The van der Waals surface area contributed by atoms with Crippen LogP contribution in [0, 0.1) is 23.2 Å². The summed E-state index contributed by atoms with van der Waals surface area (Å²) in [5, 5.41) is 0. The third-order valence-electron chi connectivity index (χ3n) is 4.88. The molecular formula is C14H20O. The predicted octanol–water partition coefficient (Wildman–Crippen LogP) is 3.33. The number of terminal acetylenes is 1. The molecule has 0 heterocycles. The van der Waals surface area contributed by atoms with Crippen LogP contribution in [0.5, 0.6) is 0 Å². The number of Topliss-reactive ketones (excluding diaryl/α,β-unsaturated/α-hetero) is 1. The maximum atomic E-state index is 11.6. The second-order valence-electron chi connectivity index (χ2n) is 5.61. The van der Waals surface area contributed by atoms with Crippen molar-refractivity contribution in [2.24, 2.45) is 10.8 Å². The van der Waals surface area contributed by atoms with Gasteiger partial charge in [0.2, 0.25) is 0 Å². The van der Waals surface area contributed by atoms with Gasteiger partial charge in [0.05, 0.1) is 0 Å². The lowest BCUT2D eigenvalue weighted by Crippen LogP contribution is -2.41. The van der Waals surface area contributed by atoms with E-state index in [9.17, 15) is 4.79 Å². The molecule has 2 aliphatic rings. The van der Waals surface area contributed by atoms with Crippen LogP contribution in [0.3, 0.4) is 0 Å². The smallest absolute Gasteiger partial charge is 0.133 e. The van der Waals surface area contributed by atoms with Gasteiger partial charge in [-0.1, -0.05) is 13.3 Å². The van der Waals surface area contributed by atoms with Gasteiger partial charge in [-0.25, -0.2) is 0 Å². The summed E-state index contributed by atoms with van der Waals surface area (Å²) >= 11 is 0. The lowest BCUT2D eigenvalue weighted by molar-refractivity contribution is -0.128. The SMILES string of the molecule is C#CCC[C@@]12CCC[C@]1(C)CC(=O)CC2. The highest BCUT2D eigenvalue weighted by atomic mass is 16.1. The Hall–Kier alpha value is -0.770. The molecule has 2 rings (SSSR count). The van der Waals surface area contributed by atoms with E-state index in [4.69, 9.17) is 6.42 Å². The normalized spacial score (nSPS) is 39.9. The monoisotopic (exact) mass is 204 g/mol. The standard InChI is InChI=1S/C14H20O/c1-3-4-8-14-9-5-7-13(14,2)11-12(15)6-10-14/h1H,4-11H2,2H3/t13-,14+/m1/s1. The van der Waals surface area contributed by atoms with Gasteiger partial charge < -0.3 is 0 Å². The number of carbonyl (C=O) groups excluding carboxylic acids is 1. The lowest BCUT2D eigenvalue weighted by atomic mass is 9.57. The molecule has 2 atom stereocenters. The number of ketones is 1. The Labute approximate surface area is 92.6 Å². The molecule has 0 N–H and O–H groups in total. The average Bonchev–Trinajstić information content (AvgIpc) is 2.52. The van der Waals surface area contributed by atoms with E-state index in [-0.39, 0.29) is 5.41 Å². The second kappa shape index (κ2) is 3.67. The highest BCUT2D eigenvalue weighted by Crippen LogP contribution is 2.62. The number of rotatable bonds is 2. The highest BCUT2D eigenvalue weighted by molar-refractivity contribution is 5.80. The van der Waals surface area contributed by atoms with Crippen molar-refractivity contribution < 1.29 is 4.79 Å². The van der Waals surface area contributed by atoms with Crippen LogP contribution < -0.4 is 0 Å². The summed E-state index contributed by atoms with van der Waals surface area (Å²) in [7, 11) is 0. The van der Waals surface area contributed by atoms with Gasteiger partial charge in [0.15, 0.2) is 0 Å². The molecule has 0 spiro atoms. The molecule has 1 heteroatoms. The summed E-state index contributed by atoms with van der Waals surface area (Å²) in [6, 6.07) is 0. The van der Waals surface area contributed by atoms with E-state index >= 15 is 0 Å². The summed E-state index contributed by atoms with van der Waals surface area (Å²) in [6.45, 7) is 2.31. The van der Waals surface area contributed by atoms with Crippen molar-refractivity contribution in [3.63, 3.8) is 0 Å². The molecule has 2 saturated carbocycles. The first kappa shape index (κ1) is 10.7. The van der Waals surface area contributed by atoms with Crippen LogP contribution in [-0.4, -0.2) is 5.78 Å². The first-order valence-electron chi connectivity index (χ1n) is 6.07. The Morgan fingerprint density at radius 2 is 2.20 bits per heavy atom. The van der Waals surface area contributed by atoms with Crippen LogP contribution in [-0.2, 0) is 4.79 Å². The summed E-state index contributed by atoms with van der Waals surface area (Å²) in [5.41, 5.74) is 0.659. The Balaban J connectivity index is 2.20. The number of fused-ring (bicyclic) bond motifs is 1. The Bertz CT molecular complexity index is 312. The van der Waals surface area contributed by atoms with E-state index in [2.05, 4.69) is 12.8 Å². The molecule has 0 unspecified atom stereocenters. The predicted molar refractivity (Wildman–Crippen MR) is 61.3 cm³/mol. The van der Waals surface area contributed by atoms with Crippen LogP contribution >= 0.6 is 0 Å². The van der Waals surface area contributed by atoms with Crippen molar-refractivity contribution in [1.29, 1.82) is 0 Å². The van der Waals surface area contributed by atoms with Gasteiger partial charge in [0.1, 0.15) is 5.78 Å². The van der Waals surface area contributed by atoms with E-state index in [0.717, 1.165) is 32.1 Å². The largest absolute Gasteiger partial charge is 0.300 e. The van der Waals surface area contributed by atoms with Crippen LogP contribution in [0.4, 0.5) is 0 Å². The van der Waals surface area contributed by atoms with Crippen molar-refractivity contribution >= 4 is 5.78 Å². The summed E-state index contributed by atoms with van der Waals surface area (Å²) in [5.74, 6) is 3.23. The van der Waals surface area contributed by atoms with Crippen molar-refractivity contribution in [2.45, 2.75) is 58.3 Å². The number of carbonyl (C=O) groups is 1. The zero-order chi connectivity index (χ0) is 10.9. The Morgan fingerprint density at radius 1 is 1.40 bits per heavy atom. The molecular weight excluding hydrogens is 184 g/mol. The van der Waals surface area contributed by atoms with E-state index in [1.54, 1.807) is 0 Å². The van der Waals surface area contributed by atoms with Crippen LogP contribution in [0.15, 0.2) is 0 Å². The van der Waals surface area contributed by atoms with Gasteiger partial charge >= 0.3 is 0 Å². The third-order valence-corrected chi connectivity index (χ3v) is 4.88. The molecule has 2 fully saturated rings. The summed E-state index contributed by atoms with van der Waals surface area (Å²) in [4.78, 5) is 11.6. The molecule has 82 valence electrons. The number of hydrogen-bond acceptors (Lipinski definition) is 1. The quantitative estimate of drug-likeness (QED) is 0.630. The Morgan fingerprint density at radius 3 is 2.93 bits per heavy atom. The van der Waals surface area contributed by atoms with Crippen molar-refractivity contribution in [3.8, 4) is 12.3 Å². The molecule has 0 radical (unpaired) electrons. The first-order chi connectivity index (χ1) is 7.12. The minimum atomic E-state index is 0.263. The zero-order valence-electron chi connectivity index (χ0n) is 9.64. The first-order valence-corrected chi connectivity index (χ1v) is 6.07. The fraction of sp³-hybridized carbons (Fsp3) is 0.786. The van der Waals surface area contributed by atoms with Crippen molar-refractivity contribution in [1.82, 2.24) is 0 Å². The molecule has 0 aliphatic heterocycles. The summed E-state index contributed by atoms with van der Waals surface area (Å²) in [6.07, 6.45) is 13.9. The zero-order valence-corrected chi connectivity index (χ0v) is 9.64. The molecule has 1 nitrogen and oxygen atoms in total. The minimum Gasteiger partial charge on any atom is -0.300 e. The molecule has 0 saturated heterocycles. The summed E-state index contributed by atoms with van der Waals surface area (Å²) < 4.78 is 0. The van der Waals surface area contributed by atoms with E-state index < -0.39 is 0 Å². The number of hydrogen-bond donors (Lipinski definition) is 0. The fourth-order valence-corrected chi connectivity index (χ4v) is 3.85. The van der Waals surface area contributed by atoms with Gasteiger partial charge in [-0.3, -0.25) is 4.79 Å². The molecule has 0 bridgehead atoms. The molecule has 15 heavy (non-hydrogen) atoms. The maximum absolute atomic E-state index is 11.6. The van der Waals surface area contributed by atoms with E-state index in [1.807, 2.05) is 0 Å². The second-order valence-corrected chi connectivity index (χ2v) is 5.61. The third kappa shape index (κ3) is 1.61. The Kier molecular flexibility index (Phi) is 2.63. The molecule has 0 aromatic rings. The van der Waals surface area contributed by atoms with Crippen molar-refractivity contribution in [2.75, 3.05) is 0 Å². The van der Waals surface area contributed by atoms with E-state index in [0.29, 0.717) is 11.2 Å². The maximum Gasteiger partial charge on any atom is 0.133 e. The van der Waals surface area contributed by atoms with Gasteiger partial charge in [0.25, 0.3) is 0 Å². The fourth-order valence-electron chi connectivity index (χ4n) is 3.85. The molecule has 0 amide bonds. The van der Waals surface area contributed by atoms with Crippen molar-refractivity contribution in [3.05, 3.63) is 0 Å².